The van der Waals surface area contributed by atoms with Gasteiger partial charge in [0.15, 0.2) is 0 Å². The minimum absolute atomic E-state index is 0.0696. The van der Waals surface area contributed by atoms with Crippen molar-refractivity contribution in [3.8, 4) is 11.4 Å². The van der Waals surface area contributed by atoms with Gasteiger partial charge in [-0.2, -0.15) is 4.98 Å². The van der Waals surface area contributed by atoms with Crippen LogP contribution in [0, 0.1) is 0 Å². The number of aromatic nitrogens is 2. The number of hydrogen-bond acceptors (Lipinski definition) is 6. The standard InChI is InChI=1S/C21H22ClN3O3S/c22-16-7-5-15(6-8-16)21-23-19(28-24-21)9-10-20(26)25(13-17-3-1-11-27-17)14-18-4-2-12-29-18/h2,4-8,12,17H,1,3,9-11,13-14H2. The molecular formula is C21H22ClN3O3S. The van der Waals surface area contributed by atoms with E-state index in [0.29, 0.717) is 42.7 Å². The third kappa shape index (κ3) is 5.44. The van der Waals surface area contributed by atoms with Gasteiger partial charge in [0.05, 0.1) is 12.6 Å². The van der Waals surface area contributed by atoms with Gasteiger partial charge in [-0.05, 0) is 48.6 Å². The van der Waals surface area contributed by atoms with Crippen LogP contribution in [0.3, 0.4) is 0 Å². The summed E-state index contributed by atoms with van der Waals surface area (Å²) >= 11 is 7.57. The largest absolute Gasteiger partial charge is 0.376 e. The van der Waals surface area contributed by atoms with Crippen molar-refractivity contribution in [2.45, 2.75) is 38.3 Å². The molecule has 1 atom stereocenters. The van der Waals surface area contributed by atoms with Crippen molar-refractivity contribution >= 4 is 28.8 Å². The van der Waals surface area contributed by atoms with Crippen molar-refractivity contribution in [1.29, 1.82) is 0 Å². The van der Waals surface area contributed by atoms with Gasteiger partial charge in [-0.3, -0.25) is 4.79 Å². The lowest BCUT2D eigenvalue weighted by atomic mass is 10.2. The number of rotatable bonds is 8. The first-order valence-electron chi connectivity index (χ1n) is 9.67. The molecule has 2 aromatic heterocycles. The Hall–Kier alpha value is -2.22. The smallest absolute Gasteiger partial charge is 0.227 e. The van der Waals surface area contributed by atoms with Gasteiger partial charge < -0.3 is 14.2 Å². The second-order valence-corrected chi connectivity index (χ2v) is 8.48. The number of thiophene rings is 1. The maximum Gasteiger partial charge on any atom is 0.227 e. The molecule has 1 saturated heterocycles. The SMILES string of the molecule is O=C(CCc1nc(-c2ccc(Cl)cc2)no1)N(Cc1cccs1)CC1CCCO1. The quantitative estimate of drug-likeness (QED) is 0.521. The van der Waals surface area contributed by atoms with Crippen LogP contribution >= 0.6 is 22.9 Å². The molecule has 1 fully saturated rings. The summed E-state index contributed by atoms with van der Waals surface area (Å²) in [5.74, 6) is 1.02. The Kier molecular flexibility index (Phi) is 6.59. The van der Waals surface area contributed by atoms with Gasteiger partial charge in [-0.25, -0.2) is 0 Å². The van der Waals surface area contributed by atoms with Crippen LogP contribution in [0.2, 0.25) is 5.02 Å². The third-order valence-electron chi connectivity index (χ3n) is 4.85. The van der Waals surface area contributed by atoms with Crippen molar-refractivity contribution in [1.82, 2.24) is 15.0 Å². The summed E-state index contributed by atoms with van der Waals surface area (Å²) < 4.78 is 11.1. The number of hydrogen-bond donors (Lipinski definition) is 0. The first kappa shape index (κ1) is 20.1. The second-order valence-electron chi connectivity index (χ2n) is 7.01. The molecule has 3 heterocycles. The number of amides is 1. The summed E-state index contributed by atoms with van der Waals surface area (Å²) in [6.07, 6.45) is 2.91. The summed E-state index contributed by atoms with van der Waals surface area (Å²) in [5, 5.41) is 6.69. The van der Waals surface area contributed by atoms with Gasteiger partial charge in [0.1, 0.15) is 0 Å². The van der Waals surface area contributed by atoms with E-state index in [1.54, 1.807) is 23.5 Å². The molecular weight excluding hydrogens is 410 g/mol. The monoisotopic (exact) mass is 431 g/mol. The third-order valence-corrected chi connectivity index (χ3v) is 5.96. The maximum absolute atomic E-state index is 12.9. The summed E-state index contributed by atoms with van der Waals surface area (Å²) in [4.78, 5) is 20.4. The Morgan fingerprint density at radius 2 is 2.14 bits per heavy atom. The van der Waals surface area contributed by atoms with Crippen LogP contribution in [0.15, 0.2) is 46.3 Å². The highest BCUT2D eigenvalue weighted by molar-refractivity contribution is 7.09. The fraction of sp³-hybridized carbons (Fsp3) is 0.381. The number of carbonyl (C=O) groups is 1. The molecule has 1 amide bonds. The molecule has 0 spiro atoms. The van der Waals surface area contributed by atoms with Gasteiger partial charge >= 0.3 is 0 Å². The van der Waals surface area contributed by atoms with E-state index in [-0.39, 0.29) is 12.0 Å². The molecule has 1 aliphatic rings. The van der Waals surface area contributed by atoms with Gasteiger partial charge in [-0.1, -0.05) is 22.8 Å². The van der Waals surface area contributed by atoms with Gasteiger partial charge in [0.2, 0.25) is 17.6 Å². The van der Waals surface area contributed by atoms with E-state index in [1.807, 2.05) is 28.5 Å². The molecule has 0 radical (unpaired) electrons. The highest BCUT2D eigenvalue weighted by Crippen LogP contribution is 2.20. The van der Waals surface area contributed by atoms with E-state index in [0.717, 1.165) is 25.0 Å². The number of aryl methyl sites for hydroxylation is 1. The number of ether oxygens (including phenoxy) is 1. The fourth-order valence-electron chi connectivity index (χ4n) is 3.32. The molecule has 29 heavy (non-hydrogen) atoms. The first-order chi connectivity index (χ1) is 14.2. The normalized spacial score (nSPS) is 16.2. The number of benzene rings is 1. The van der Waals surface area contributed by atoms with Gasteiger partial charge in [-0.15, -0.1) is 11.3 Å². The Morgan fingerprint density at radius 1 is 1.28 bits per heavy atom. The van der Waals surface area contributed by atoms with Crippen molar-refractivity contribution in [2.24, 2.45) is 0 Å². The molecule has 152 valence electrons. The van der Waals surface area contributed by atoms with E-state index in [2.05, 4.69) is 16.2 Å². The average Bonchev–Trinajstić information content (AvgIpc) is 3.49. The lowest BCUT2D eigenvalue weighted by Gasteiger charge is -2.25. The van der Waals surface area contributed by atoms with E-state index in [1.165, 1.54) is 4.88 Å². The zero-order valence-corrected chi connectivity index (χ0v) is 17.5. The van der Waals surface area contributed by atoms with Crippen LogP contribution in [-0.2, 0) is 22.5 Å². The van der Waals surface area contributed by atoms with Crippen molar-refractivity contribution in [3.05, 3.63) is 57.6 Å². The zero-order valence-electron chi connectivity index (χ0n) is 15.9. The second kappa shape index (κ2) is 9.52. The lowest BCUT2D eigenvalue weighted by molar-refractivity contribution is -0.133. The Labute approximate surface area is 178 Å². The van der Waals surface area contributed by atoms with Crippen molar-refractivity contribution in [2.75, 3.05) is 13.2 Å². The van der Waals surface area contributed by atoms with Crippen LogP contribution in [0.4, 0.5) is 0 Å². The molecule has 8 heteroatoms. The fourth-order valence-corrected chi connectivity index (χ4v) is 4.17. The molecule has 0 N–H and O–H groups in total. The highest BCUT2D eigenvalue weighted by Gasteiger charge is 2.23. The minimum atomic E-state index is 0.0696. The molecule has 0 saturated carbocycles. The molecule has 1 unspecified atom stereocenters. The Balaban J connectivity index is 1.37. The Morgan fingerprint density at radius 3 is 2.86 bits per heavy atom. The van der Waals surface area contributed by atoms with E-state index in [9.17, 15) is 4.79 Å². The summed E-state index contributed by atoms with van der Waals surface area (Å²) in [6.45, 7) is 2.01. The van der Waals surface area contributed by atoms with E-state index >= 15 is 0 Å². The first-order valence-corrected chi connectivity index (χ1v) is 10.9. The zero-order chi connectivity index (χ0) is 20.1. The number of nitrogens with zero attached hydrogens (tertiary/aromatic N) is 3. The summed E-state index contributed by atoms with van der Waals surface area (Å²) in [5.41, 5.74) is 0.827. The molecule has 0 aliphatic carbocycles. The molecule has 4 rings (SSSR count). The van der Waals surface area contributed by atoms with Gasteiger partial charge in [0, 0.05) is 41.5 Å². The predicted molar refractivity (Wildman–Crippen MR) is 112 cm³/mol. The van der Waals surface area contributed by atoms with Crippen LogP contribution in [0.1, 0.15) is 30.0 Å². The lowest BCUT2D eigenvalue weighted by Crippen LogP contribution is -2.36. The molecule has 1 aromatic carbocycles. The topological polar surface area (TPSA) is 68.5 Å². The molecule has 0 bridgehead atoms. The Bertz CT molecular complexity index is 921. The van der Waals surface area contributed by atoms with Crippen LogP contribution in [0.25, 0.3) is 11.4 Å². The van der Waals surface area contributed by atoms with Crippen molar-refractivity contribution in [3.63, 3.8) is 0 Å². The molecule has 3 aromatic rings. The summed E-state index contributed by atoms with van der Waals surface area (Å²) in [6, 6.07) is 11.3. The predicted octanol–water partition coefficient (Wildman–Crippen LogP) is 4.59. The highest BCUT2D eigenvalue weighted by atomic mass is 35.5. The van der Waals surface area contributed by atoms with Gasteiger partial charge in [0.25, 0.3) is 0 Å². The number of carbonyl (C=O) groups excluding carboxylic acids is 1. The summed E-state index contributed by atoms with van der Waals surface area (Å²) in [7, 11) is 0. The average molecular weight is 432 g/mol. The van der Waals surface area contributed by atoms with Crippen molar-refractivity contribution < 1.29 is 14.1 Å². The van der Waals surface area contributed by atoms with Crippen LogP contribution in [-0.4, -0.2) is 40.2 Å². The maximum atomic E-state index is 12.9. The van der Waals surface area contributed by atoms with Crippen LogP contribution in [0.5, 0.6) is 0 Å². The number of halogens is 1. The van der Waals surface area contributed by atoms with Crippen LogP contribution < -0.4 is 0 Å². The molecule has 6 nitrogen and oxygen atoms in total. The van der Waals surface area contributed by atoms with E-state index in [4.69, 9.17) is 20.9 Å². The molecule has 1 aliphatic heterocycles. The van der Waals surface area contributed by atoms with E-state index < -0.39 is 0 Å². The minimum Gasteiger partial charge on any atom is -0.376 e.